The molecule has 2 aromatic rings. The molecular formula is C21H21F2IN2O4. The summed E-state index contributed by atoms with van der Waals surface area (Å²) in [4.78, 5) is 24.3. The van der Waals surface area contributed by atoms with Crippen LogP contribution in [-0.2, 0) is 0 Å². The van der Waals surface area contributed by atoms with Crippen LogP contribution in [0.15, 0.2) is 24.3 Å². The minimum atomic E-state index is -1.51. The molecule has 3 rings (SSSR count). The van der Waals surface area contributed by atoms with Crippen molar-refractivity contribution >= 4 is 45.8 Å². The number of amides is 1. The number of carboxylic acids is 1. The average molecular weight is 530 g/mol. The van der Waals surface area contributed by atoms with E-state index < -0.39 is 52.5 Å². The number of benzene rings is 2. The molecule has 0 spiro atoms. The summed E-state index contributed by atoms with van der Waals surface area (Å²) in [5.41, 5.74) is -0.711. The van der Waals surface area contributed by atoms with Crippen LogP contribution < -0.4 is 10.6 Å². The summed E-state index contributed by atoms with van der Waals surface area (Å²) in [5, 5.41) is 24.7. The van der Waals surface area contributed by atoms with E-state index in [1.165, 1.54) is 0 Å². The number of aryl methyl sites for hydroxylation is 1. The van der Waals surface area contributed by atoms with E-state index in [0.717, 1.165) is 22.5 Å². The zero-order chi connectivity index (χ0) is 22.0. The second-order valence-electron chi connectivity index (χ2n) is 7.30. The van der Waals surface area contributed by atoms with Crippen LogP contribution in [-0.4, -0.2) is 34.2 Å². The largest absolute Gasteiger partial charge is 0.478 e. The summed E-state index contributed by atoms with van der Waals surface area (Å²) in [6.07, 6.45) is 1.84. The first-order chi connectivity index (χ1) is 14.2. The summed E-state index contributed by atoms with van der Waals surface area (Å²) in [6, 6.07) is 5.40. The van der Waals surface area contributed by atoms with E-state index in [1.54, 1.807) is 25.1 Å². The first-order valence-corrected chi connectivity index (χ1v) is 10.5. The Kier molecular flexibility index (Phi) is 6.91. The molecule has 1 fully saturated rings. The number of nitrogens with one attached hydrogen (secondary N) is 2. The molecular weight excluding hydrogens is 509 g/mol. The van der Waals surface area contributed by atoms with Crippen LogP contribution in [0.1, 0.15) is 52.0 Å². The lowest BCUT2D eigenvalue weighted by molar-refractivity contribution is 0.0696. The molecule has 0 aromatic heterocycles. The Bertz CT molecular complexity index is 999. The number of anilines is 2. The van der Waals surface area contributed by atoms with Gasteiger partial charge in [0.2, 0.25) is 0 Å². The number of hydrogen-bond donors (Lipinski definition) is 4. The minimum absolute atomic E-state index is 0.416. The van der Waals surface area contributed by atoms with Crippen LogP contribution in [0.4, 0.5) is 20.2 Å². The van der Waals surface area contributed by atoms with Gasteiger partial charge in [-0.15, -0.1) is 0 Å². The molecule has 2 aromatic carbocycles. The Morgan fingerprint density at radius 3 is 2.43 bits per heavy atom. The number of halogens is 3. The quantitative estimate of drug-likeness (QED) is 0.431. The van der Waals surface area contributed by atoms with Crippen LogP contribution in [0.5, 0.6) is 0 Å². The van der Waals surface area contributed by atoms with E-state index in [1.807, 2.05) is 0 Å². The van der Waals surface area contributed by atoms with Crippen molar-refractivity contribution in [3.05, 3.63) is 56.2 Å². The van der Waals surface area contributed by atoms with Crippen molar-refractivity contribution in [2.24, 2.45) is 0 Å². The van der Waals surface area contributed by atoms with Gasteiger partial charge < -0.3 is 20.8 Å². The summed E-state index contributed by atoms with van der Waals surface area (Å²) in [7, 11) is 0. The van der Waals surface area contributed by atoms with Crippen LogP contribution in [0, 0.1) is 22.1 Å². The van der Waals surface area contributed by atoms with Crippen molar-refractivity contribution in [2.75, 3.05) is 5.32 Å². The molecule has 0 bridgehead atoms. The number of aromatic carboxylic acids is 1. The van der Waals surface area contributed by atoms with E-state index >= 15 is 0 Å². The standard InChI is InChI=1S/C21H21F2IN2O4/c1-10-8-11(24)6-7-14(10)25-19-13(21(29)30)9-12(17(22)18(19)23)20(28)26-15-4-2-3-5-16(15)27/h6-9,15-16,25,27H,2-5H2,1H3,(H,26,28)(H,29,30). The lowest BCUT2D eigenvalue weighted by atomic mass is 9.92. The Morgan fingerprint density at radius 2 is 1.80 bits per heavy atom. The fraction of sp³-hybridized carbons (Fsp3) is 0.333. The number of hydrogen-bond acceptors (Lipinski definition) is 4. The maximum absolute atomic E-state index is 14.9. The second kappa shape index (κ2) is 9.25. The summed E-state index contributed by atoms with van der Waals surface area (Å²) < 4.78 is 30.5. The molecule has 1 aliphatic rings. The first kappa shape index (κ1) is 22.4. The lowest BCUT2D eigenvalue weighted by Crippen LogP contribution is -2.45. The maximum Gasteiger partial charge on any atom is 0.337 e. The van der Waals surface area contributed by atoms with Gasteiger partial charge in [-0.25, -0.2) is 13.6 Å². The van der Waals surface area contributed by atoms with Crippen molar-refractivity contribution in [1.29, 1.82) is 0 Å². The number of rotatable bonds is 5. The molecule has 4 N–H and O–H groups in total. The summed E-state index contributed by atoms with van der Waals surface area (Å²) in [5.74, 6) is -5.38. The molecule has 160 valence electrons. The van der Waals surface area contributed by atoms with Crippen LogP contribution >= 0.6 is 22.6 Å². The van der Waals surface area contributed by atoms with E-state index in [0.29, 0.717) is 24.1 Å². The van der Waals surface area contributed by atoms with E-state index in [4.69, 9.17) is 0 Å². The zero-order valence-electron chi connectivity index (χ0n) is 16.1. The summed E-state index contributed by atoms with van der Waals surface area (Å²) >= 11 is 2.10. The van der Waals surface area contributed by atoms with Crippen LogP contribution in [0.25, 0.3) is 0 Å². The average Bonchev–Trinajstić information content (AvgIpc) is 2.68. The molecule has 2 atom stereocenters. The Hall–Kier alpha value is -2.27. The number of carbonyl (C=O) groups is 2. The van der Waals surface area contributed by atoms with Crippen molar-refractivity contribution in [1.82, 2.24) is 5.32 Å². The molecule has 0 heterocycles. The normalized spacial score (nSPS) is 18.7. The van der Waals surface area contributed by atoms with Gasteiger partial charge in [-0.1, -0.05) is 12.8 Å². The third-order valence-electron chi connectivity index (χ3n) is 5.18. The Balaban J connectivity index is 1.97. The van der Waals surface area contributed by atoms with Crippen LogP contribution in [0.2, 0.25) is 0 Å². The van der Waals surface area contributed by atoms with Gasteiger partial charge in [-0.2, -0.15) is 0 Å². The maximum atomic E-state index is 14.9. The van der Waals surface area contributed by atoms with Gasteiger partial charge in [-0.05, 0) is 72.2 Å². The monoisotopic (exact) mass is 530 g/mol. The smallest absolute Gasteiger partial charge is 0.337 e. The molecule has 6 nitrogen and oxygen atoms in total. The Labute approximate surface area is 185 Å². The molecule has 1 amide bonds. The van der Waals surface area contributed by atoms with Gasteiger partial charge in [0, 0.05) is 9.26 Å². The highest BCUT2D eigenvalue weighted by Gasteiger charge is 2.29. The highest BCUT2D eigenvalue weighted by Crippen LogP contribution is 2.31. The topological polar surface area (TPSA) is 98.7 Å². The van der Waals surface area contributed by atoms with E-state index in [2.05, 4.69) is 33.2 Å². The molecule has 0 aliphatic heterocycles. The predicted octanol–water partition coefficient (Wildman–Crippen LogP) is 4.35. The highest BCUT2D eigenvalue weighted by atomic mass is 127. The minimum Gasteiger partial charge on any atom is -0.478 e. The van der Waals surface area contributed by atoms with Crippen molar-refractivity contribution < 1.29 is 28.6 Å². The van der Waals surface area contributed by atoms with Gasteiger partial charge in [-0.3, -0.25) is 4.79 Å². The SMILES string of the molecule is Cc1cc(I)ccc1Nc1c(C(=O)O)cc(C(=O)NC2CCCCC2O)c(F)c1F. The molecule has 0 saturated heterocycles. The molecule has 9 heteroatoms. The van der Waals surface area contributed by atoms with Gasteiger partial charge in [0.1, 0.15) is 0 Å². The molecule has 1 aliphatic carbocycles. The van der Waals surface area contributed by atoms with Gasteiger partial charge in [0.15, 0.2) is 11.6 Å². The van der Waals surface area contributed by atoms with Crippen molar-refractivity contribution in [2.45, 2.75) is 44.8 Å². The van der Waals surface area contributed by atoms with E-state index in [-0.39, 0.29) is 0 Å². The van der Waals surface area contributed by atoms with Crippen molar-refractivity contribution in [3.8, 4) is 0 Å². The van der Waals surface area contributed by atoms with Crippen LogP contribution in [0.3, 0.4) is 0 Å². The molecule has 30 heavy (non-hydrogen) atoms. The fourth-order valence-electron chi connectivity index (χ4n) is 3.51. The third-order valence-corrected chi connectivity index (χ3v) is 5.85. The van der Waals surface area contributed by atoms with E-state index in [9.17, 15) is 28.6 Å². The zero-order valence-corrected chi connectivity index (χ0v) is 18.3. The first-order valence-electron chi connectivity index (χ1n) is 9.46. The number of aliphatic hydroxyl groups is 1. The van der Waals surface area contributed by atoms with Gasteiger partial charge in [0.25, 0.3) is 5.91 Å². The second-order valence-corrected chi connectivity index (χ2v) is 8.54. The Morgan fingerprint density at radius 1 is 1.10 bits per heavy atom. The third kappa shape index (κ3) is 4.72. The molecule has 0 radical (unpaired) electrons. The molecule has 1 saturated carbocycles. The predicted molar refractivity (Wildman–Crippen MR) is 116 cm³/mol. The number of aliphatic hydroxyl groups excluding tert-OH is 1. The van der Waals surface area contributed by atoms with Gasteiger partial charge >= 0.3 is 5.97 Å². The lowest BCUT2D eigenvalue weighted by Gasteiger charge is -2.28. The number of carboxylic acid groups (broad SMARTS) is 1. The summed E-state index contributed by atoms with van der Waals surface area (Å²) in [6.45, 7) is 1.75. The number of carbonyl (C=O) groups excluding carboxylic acids is 1. The van der Waals surface area contributed by atoms with Gasteiger partial charge in [0.05, 0.1) is 29.0 Å². The molecule has 2 unspecified atom stereocenters. The highest BCUT2D eigenvalue weighted by molar-refractivity contribution is 14.1. The van der Waals surface area contributed by atoms with Crippen molar-refractivity contribution in [3.63, 3.8) is 0 Å². The fourth-order valence-corrected chi connectivity index (χ4v) is 4.16.